The average Bonchev–Trinajstić information content (AvgIpc) is 2.68. The summed E-state index contributed by atoms with van der Waals surface area (Å²) in [6.07, 6.45) is 7.76. The van der Waals surface area contributed by atoms with Crippen LogP contribution in [-0.4, -0.2) is 8.80 Å². The highest BCUT2D eigenvalue weighted by Crippen LogP contribution is 2.40. The van der Waals surface area contributed by atoms with Crippen molar-refractivity contribution in [3.05, 3.63) is 35.4 Å². The second kappa shape index (κ2) is 9.62. The Morgan fingerprint density at radius 2 is 1.41 bits per heavy atom. The predicted molar refractivity (Wildman–Crippen MR) is 110 cm³/mol. The lowest BCUT2D eigenvalue weighted by molar-refractivity contribution is -0.137. The maximum absolute atomic E-state index is 12.7. The van der Waals surface area contributed by atoms with Crippen LogP contribution in [0.15, 0.2) is 24.3 Å². The third-order valence-corrected chi connectivity index (χ3v) is 10.9. The van der Waals surface area contributed by atoms with E-state index >= 15 is 0 Å². The van der Waals surface area contributed by atoms with Gasteiger partial charge in [-0.2, -0.15) is 13.2 Å². The fraction of sp³-hybridized carbons (Fsp3) is 0.739. The third kappa shape index (κ3) is 6.10. The van der Waals surface area contributed by atoms with Crippen molar-refractivity contribution in [1.82, 2.24) is 0 Å². The van der Waals surface area contributed by atoms with Gasteiger partial charge in [-0.15, -0.1) is 0 Å². The first-order chi connectivity index (χ1) is 13.0. The quantitative estimate of drug-likeness (QED) is 0.430. The molecule has 1 heterocycles. The molecule has 0 aromatic heterocycles. The lowest BCUT2D eigenvalue weighted by atomic mass is 9.76. The molecule has 1 saturated carbocycles. The number of halogens is 3. The highest BCUT2D eigenvalue weighted by Gasteiger charge is 2.31. The van der Waals surface area contributed by atoms with Crippen molar-refractivity contribution in [3.8, 4) is 0 Å². The molecule has 0 atom stereocenters. The molecule has 0 amide bonds. The lowest BCUT2D eigenvalue weighted by Crippen LogP contribution is -2.22. The standard InChI is InChI=1S/C23H35F3Si/c1-2-15-27-16-13-19(14-17-27)4-3-18-5-7-20(8-6-18)21-9-11-22(12-10-21)23(24,25)26/h9-12,18-20,27H,2-8,13-17H2,1H3/t18-,19-,20-,27-. The van der Waals surface area contributed by atoms with Gasteiger partial charge in [0.15, 0.2) is 0 Å². The molecule has 0 radical (unpaired) electrons. The topological polar surface area (TPSA) is 0 Å². The molecule has 1 aromatic rings. The molecule has 0 N–H and O–H groups in total. The first-order valence-corrected chi connectivity index (χ1v) is 13.6. The Kier molecular flexibility index (Phi) is 7.47. The Hall–Kier alpha value is -0.773. The number of hydrogen-bond acceptors (Lipinski definition) is 0. The van der Waals surface area contributed by atoms with Gasteiger partial charge in [-0.25, -0.2) is 0 Å². The van der Waals surface area contributed by atoms with Crippen LogP contribution in [0.5, 0.6) is 0 Å². The maximum atomic E-state index is 12.7. The van der Waals surface area contributed by atoms with Crippen molar-refractivity contribution in [1.29, 1.82) is 0 Å². The smallest absolute Gasteiger partial charge is 0.166 e. The van der Waals surface area contributed by atoms with E-state index < -0.39 is 11.7 Å². The minimum absolute atomic E-state index is 0.352. The molecule has 0 bridgehead atoms. The summed E-state index contributed by atoms with van der Waals surface area (Å²) in [5.41, 5.74) is 0.567. The number of alkyl halides is 3. The molecule has 152 valence electrons. The van der Waals surface area contributed by atoms with Gasteiger partial charge < -0.3 is 0 Å². The Balaban J connectivity index is 1.38. The van der Waals surface area contributed by atoms with Crippen molar-refractivity contribution < 1.29 is 13.2 Å². The zero-order valence-electron chi connectivity index (χ0n) is 16.7. The highest BCUT2D eigenvalue weighted by molar-refractivity contribution is 6.58. The van der Waals surface area contributed by atoms with Crippen LogP contribution in [-0.2, 0) is 6.18 Å². The van der Waals surface area contributed by atoms with Crippen LogP contribution in [0, 0.1) is 11.8 Å². The fourth-order valence-electron chi connectivity index (χ4n) is 5.42. The third-order valence-electron chi connectivity index (χ3n) is 7.20. The van der Waals surface area contributed by atoms with Crippen molar-refractivity contribution in [3.63, 3.8) is 0 Å². The summed E-state index contributed by atoms with van der Waals surface area (Å²) in [4.78, 5) is 0. The van der Waals surface area contributed by atoms with Crippen molar-refractivity contribution >= 4 is 8.80 Å². The van der Waals surface area contributed by atoms with Crippen LogP contribution < -0.4 is 0 Å². The first-order valence-electron chi connectivity index (χ1n) is 11.1. The summed E-state index contributed by atoms with van der Waals surface area (Å²) in [5.74, 6) is 2.29. The van der Waals surface area contributed by atoms with Crippen LogP contribution in [0.3, 0.4) is 0 Å². The Bertz CT molecular complexity index is 550. The minimum Gasteiger partial charge on any atom is -0.166 e. The van der Waals surface area contributed by atoms with Crippen molar-refractivity contribution in [2.75, 3.05) is 0 Å². The summed E-state index contributed by atoms with van der Waals surface area (Å²) in [6, 6.07) is 10.6. The Labute approximate surface area is 164 Å². The van der Waals surface area contributed by atoms with E-state index in [0.717, 1.165) is 30.2 Å². The summed E-state index contributed by atoms with van der Waals surface area (Å²) >= 11 is 0. The monoisotopic (exact) mass is 396 g/mol. The molecule has 27 heavy (non-hydrogen) atoms. The highest BCUT2D eigenvalue weighted by atomic mass is 28.3. The van der Waals surface area contributed by atoms with Gasteiger partial charge in [-0.05, 0) is 61.1 Å². The number of benzene rings is 1. The van der Waals surface area contributed by atoms with Gasteiger partial charge in [0.25, 0.3) is 0 Å². The van der Waals surface area contributed by atoms with Crippen LogP contribution in [0.1, 0.15) is 81.8 Å². The second-order valence-electron chi connectivity index (χ2n) is 9.09. The molecule has 3 rings (SSSR count). The molecule has 0 unspecified atom stereocenters. The van der Waals surface area contributed by atoms with Crippen LogP contribution >= 0.6 is 0 Å². The van der Waals surface area contributed by atoms with Gasteiger partial charge in [0.05, 0.1) is 5.56 Å². The van der Waals surface area contributed by atoms with E-state index in [2.05, 4.69) is 6.92 Å². The Morgan fingerprint density at radius 3 is 1.93 bits per heavy atom. The van der Waals surface area contributed by atoms with E-state index in [4.69, 9.17) is 0 Å². The Morgan fingerprint density at radius 1 is 0.852 bits per heavy atom. The maximum Gasteiger partial charge on any atom is 0.416 e. The second-order valence-corrected chi connectivity index (χ2v) is 12.6. The lowest BCUT2D eigenvalue weighted by Gasteiger charge is -2.32. The SMILES string of the molecule is CCC[Si@H]1CC[C@H](CC[C@H]2CC[C@H](c3ccc(C(F)(F)F)cc3)CC2)CC1. The largest absolute Gasteiger partial charge is 0.416 e. The average molecular weight is 397 g/mol. The zero-order valence-corrected chi connectivity index (χ0v) is 17.9. The summed E-state index contributed by atoms with van der Waals surface area (Å²) < 4.78 is 38.1. The molecular formula is C23H35F3Si. The van der Waals surface area contributed by atoms with Gasteiger partial charge in [-0.3, -0.25) is 0 Å². The van der Waals surface area contributed by atoms with E-state index in [-0.39, 0.29) is 8.80 Å². The van der Waals surface area contributed by atoms with E-state index in [0.29, 0.717) is 5.92 Å². The number of rotatable bonds is 6. The summed E-state index contributed by atoms with van der Waals surface area (Å²) in [7, 11) is -0.352. The summed E-state index contributed by atoms with van der Waals surface area (Å²) in [6.45, 7) is 2.33. The van der Waals surface area contributed by atoms with Crippen LogP contribution in [0.25, 0.3) is 0 Å². The van der Waals surface area contributed by atoms with Gasteiger partial charge in [-0.1, -0.05) is 69.3 Å². The molecule has 1 aromatic carbocycles. The van der Waals surface area contributed by atoms with Crippen molar-refractivity contribution in [2.24, 2.45) is 11.8 Å². The van der Waals surface area contributed by atoms with E-state index in [1.54, 1.807) is 30.3 Å². The minimum atomic E-state index is -4.23. The molecule has 1 saturated heterocycles. The van der Waals surface area contributed by atoms with Gasteiger partial charge >= 0.3 is 6.18 Å². The first kappa shape index (κ1) is 20.9. The van der Waals surface area contributed by atoms with Gasteiger partial charge in [0.2, 0.25) is 0 Å². The molecule has 0 spiro atoms. The molecule has 2 aliphatic rings. The van der Waals surface area contributed by atoms with E-state index in [1.807, 2.05) is 0 Å². The van der Waals surface area contributed by atoms with E-state index in [1.165, 1.54) is 57.1 Å². The molecule has 0 nitrogen and oxygen atoms in total. The van der Waals surface area contributed by atoms with Crippen LogP contribution in [0.4, 0.5) is 13.2 Å². The van der Waals surface area contributed by atoms with Crippen LogP contribution in [0.2, 0.25) is 18.1 Å². The predicted octanol–water partition coefficient (Wildman–Crippen LogP) is 7.81. The molecule has 2 fully saturated rings. The van der Waals surface area contributed by atoms with Crippen molar-refractivity contribution in [2.45, 2.75) is 94.9 Å². The number of hydrogen-bond donors (Lipinski definition) is 0. The zero-order chi connectivity index (χ0) is 19.3. The van der Waals surface area contributed by atoms with Gasteiger partial charge in [0, 0.05) is 8.80 Å². The molecular weight excluding hydrogens is 361 g/mol. The molecule has 4 heteroatoms. The molecule has 1 aliphatic carbocycles. The van der Waals surface area contributed by atoms with E-state index in [9.17, 15) is 13.2 Å². The van der Waals surface area contributed by atoms with Gasteiger partial charge in [0.1, 0.15) is 0 Å². The summed E-state index contributed by atoms with van der Waals surface area (Å²) in [5, 5.41) is 0. The fourth-order valence-corrected chi connectivity index (χ4v) is 8.99. The normalized spacial score (nSPS) is 29.6. The molecule has 1 aliphatic heterocycles.